The third-order valence-corrected chi connectivity index (χ3v) is 5.57. The molecule has 0 saturated heterocycles. The summed E-state index contributed by atoms with van der Waals surface area (Å²) in [6.07, 6.45) is 3.72. The zero-order chi connectivity index (χ0) is 20.8. The van der Waals surface area contributed by atoms with Gasteiger partial charge in [-0.3, -0.25) is 14.7 Å². The Kier molecular flexibility index (Phi) is 6.20. The van der Waals surface area contributed by atoms with Crippen LogP contribution in [0.15, 0.2) is 73.1 Å². The normalized spacial score (nSPS) is 10.7. The van der Waals surface area contributed by atoms with E-state index in [0.717, 1.165) is 27.3 Å². The van der Waals surface area contributed by atoms with Gasteiger partial charge in [0.15, 0.2) is 5.13 Å². The number of hydrogen-bond donors (Lipinski definition) is 0. The van der Waals surface area contributed by atoms with Crippen molar-refractivity contribution in [3.63, 3.8) is 0 Å². The van der Waals surface area contributed by atoms with Gasteiger partial charge in [0.2, 0.25) is 5.91 Å². The third-order valence-electron chi connectivity index (χ3n) is 4.51. The molecule has 2 aromatic carbocycles. The monoisotopic (exact) mass is 419 g/mol. The molecule has 0 aliphatic carbocycles. The summed E-state index contributed by atoms with van der Waals surface area (Å²) in [6.45, 7) is 0.695. The summed E-state index contributed by atoms with van der Waals surface area (Å²) < 4.78 is 12.0. The lowest BCUT2D eigenvalue weighted by molar-refractivity contribution is -0.119. The number of benzene rings is 2. The highest BCUT2D eigenvalue weighted by molar-refractivity contribution is 7.22. The van der Waals surface area contributed by atoms with E-state index < -0.39 is 0 Å². The average Bonchev–Trinajstić information content (AvgIpc) is 3.21. The summed E-state index contributed by atoms with van der Waals surface area (Å²) in [5.41, 5.74) is 1.74. The van der Waals surface area contributed by atoms with Gasteiger partial charge in [-0.15, -0.1) is 0 Å². The Morgan fingerprint density at radius 1 is 1.07 bits per heavy atom. The topological polar surface area (TPSA) is 64.5 Å². The summed E-state index contributed by atoms with van der Waals surface area (Å²) in [5, 5.41) is 0.645. The number of hydrogen-bond acceptors (Lipinski definition) is 6. The molecule has 0 saturated carbocycles. The van der Waals surface area contributed by atoms with Gasteiger partial charge in [-0.05, 0) is 35.9 Å². The predicted molar refractivity (Wildman–Crippen MR) is 118 cm³/mol. The fourth-order valence-electron chi connectivity index (χ4n) is 2.98. The molecule has 1 amide bonds. The van der Waals surface area contributed by atoms with Crippen LogP contribution in [0.3, 0.4) is 0 Å². The lowest BCUT2D eigenvalue weighted by atomic mass is 10.2. The Labute approximate surface area is 178 Å². The first-order valence-corrected chi connectivity index (χ1v) is 10.4. The van der Waals surface area contributed by atoms with E-state index >= 15 is 0 Å². The van der Waals surface area contributed by atoms with Gasteiger partial charge < -0.3 is 9.47 Å². The molecule has 152 valence electrons. The number of amides is 1. The first-order valence-electron chi connectivity index (χ1n) is 9.54. The first-order chi connectivity index (χ1) is 14.7. The number of anilines is 1. The van der Waals surface area contributed by atoms with Crippen molar-refractivity contribution in [1.82, 2.24) is 9.97 Å². The first kappa shape index (κ1) is 19.8. The maximum Gasteiger partial charge on any atom is 0.232 e. The van der Waals surface area contributed by atoms with Crippen LogP contribution in [0.1, 0.15) is 12.0 Å². The molecule has 4 aromatic rings. The second-order valence-electron chi connectivity index (χ2n) is 6.58. The van der Waals surface area contributed by atoms with Gasteiger partial charge in [0, 0.05) is 18.5 Å². The van der Waals surface area contributed by atoms with Gasteiger partial charge in [-0.2, -0.15) is 0 Å². The zero-order valence-corrected chi connectivity index (χ0v) is 17.3. The molecule has 0 aliphatic heterocycles. The smallest absolute Gasteiger partial charge is 0.232 e. The molecule has 2 heterocycles. The van der Waals surface area contributed by atoms with Gasteiger partial charge in [-0.25, -0.2) is 4.98 Å². The van der Waals surface area contributed by atoms with Crippen molar-refractivity contribution in [3.05, 3.63) is 78.6 Å². The maximum absolute atomic E-state index is 13.1. The molecule has 30 heavy (non-hydrogen) atoms. The fourth-order valence-corrected chi connectivity index (χ4v) is 3.94. The lowest BCUT2D eigenvalue weighted by Crippen LogP contribution is -2.31. The van der Waals surface area contributed by atoms with Crippen LogP contribution in [-0.2, 0) is 11.3 Å². The van der Waals surface area contributed by atoms with E-state index in [9.17, 15) is 4.79 Å². The van der Waals surface area contributed by atoms with Crippen LogP contribution in [0, 0.1) is 0 Å². The number of thiazole rings is 1. The molecule has 0 bridgehead atoms. The molecular weight excluding hydrogens is 398 g/mol. The summed E-state index contributed by atoms with van der Waals surface area (Å²) in [7, 11) is 1.62. The molecule has 0 unspecified atom stereocenters. The molecule has 0 aliphatic rings. The molecule has 0 fully saturated rings. The van der Waals surface area contributed by atoms with Gasteiger partial charge in [0.1, 0.15) is 11.5 Å². The lowest BCUT2D eigenvalue weighted by Gasteiger charge is -2.20. The van der Waals surface area contributed by atoms with Crippen molar-refractivity contribution in [3.8, 4) is 11.5 Å². The second kappa shape index (κ2) is 9.37. The van der Waals surface area contributed by atoms with E-state index in [-0.39, 0.29) is 12.3 Å². The highest BCUT2D eigenvalue weighted by Gasteiger charge is 2.20. The molecule has 2 aromatic heterocycles. The summed E-state index contributed by atoms with van der Waals surface area (Å²) in [4.78, 5) is 23.7. The minimum Gasteiger partial charge on any atom is -0.497 e. The van der Waals surface area contributed by atoms with Gasteiger partial charge in [0.05, 0.1) is 36.9 Å². The highest BCUT2D eigenvalue weighted by atomic mass is 32.1. The van der Waals surface area contributed by atoms with Gasteiger partial charge in [0.25, 0.3) is 0 Å². The zero-order valence-electron chi connectivity index (χ0n) is 16.5. The van der Waals surface area contributed by atoms with E-state index in [1.807, 2.05) is 60.7 Å². The van der Waals surface area contributed by atoms with Crippen molar-refractivity contribution in [1.29, 1.82) is 0 Å². The summed E-state index contributed by atoms with van der Waals surface area (Å²) in [6, 6.07) is 19.0. The Bertz CT molecular complexity index is 1120. The number of methoxy groups -OCH3 is 1. The van der Waals surface area contributed by atoms with Crippen LogP contribution in [0.4, 0.5) is 5.13 Å². The van der Waals surface area contributed by atoms with Crippen LogP contribution < -0.4 is 14.4 Å². The number of ether oxygens (including phenoxy) is 2. The van der Waals surface area contributed by atoms with E-state index in [2.05, 4.69) is 9.97 Å². The molecule has 0 N–H and O–H groups in total. The van der Waals surface area contributed by atoms with E-state index in [1.54, 1.807) is 24.4 Å². The Morgan fingerprint density at radius 3 is 2.70 bits per heavy atom. The number of nitrogens with zero attached hydrogens (tertiary/aromatic N) is 3. The standard InChI is InChI=1S/C23H21N3O3S/c1-28-19-9-10-21-20(14-19)25-23(30-21)26(16-17-6-5-12-24-15-17)22(27)11-13-29-18-7-3-2-4-8-18/h2-10,12,14-15H,11,13,16H2,1H3. The number of pyridine rings is 1. The number of aromatic nitrogens is 2. The predicted octanol–water partition coefficient (Wildman–Crippen LogP) is 4.70. The number of carbonyl (C=O) groups is 1. The molecule has 4 rings (SSSR count). The van der Waals surface area contributed by atoms with Gasteiger partial charge in [-0.1, -0.05) is 35.6 Å². The summed E-state index contributed by atoms with van der Waals surface area (Å²) in [5.74, 6) is 1.43. The number of carbonyl (C=O) groups excluding carboxylic acids is 1. The van der Waals surface area contributed by atoms with Crippen LogP contribution in [0.5, 0.6) is 11.5 Å². The van der Waals surface area contributed by atoms with E-state index in [4.69, 9.17) is 9.47 Å². The Morgan fingerprint density at radius 2 is 1.93 bits per heavy atom. The SMILES string of the molecule is COc1ccc2sc(N(Cc3cccnc3)C(=O)CCOc3ccccc3)nc2c1. The van der Waals surface area contributed by atoms with E-state index in [0.29, 0.717) is 18.3 Å². The number of para-hydroxylation sites is 1. The van der Waals surface area contributed by atoms with E-state index in [1.165, 1.54) is 11.3 Å². The number of fused-ring (bicyclic) bond motifs is 1. The fraction of sp³-hybridized carbons (Fsp3) is 0.174. The summed E-state index contributed by atoms with van der Waals surface area (Å²) >= 11 is 1.48. The quantitative estimate of drug-likeness (QED) is 0.414. The molecule has 7 heteroatoms. The molecule has 0 spiro atoms. The van der Waals surface area contributed by atoms with Crippen LogP contribution in [0.2, 0.25) is 0 Å². The second-order valence-corrected chi connectivity index (χ2v) is 7.59. The molecule has 0 radical (unpaired) electrons. The molecular formula is C23H21N3O3S. The average molecular weight is 420 g/mol. The largest absolute Gasteiger partial charge is 0.497 e. The van der Waals surface area contributed by atoms with Crippen molar-refractivity contribution in [2.45, 2.75) is 13.0 Å². The van der Waals surface area contributed by atoms with Crippen molar-refractivity contribution in [2.75, 3.05) is 18.6 Å². The minimum absolute atomic E-state index is 0.0548. The van der Waals surface area contributed by atoms with Crippen LogP contribution in [-0.4, -0.2) is 29.6 Å². The van der Waals surface area contributed by atoms with Crippen LogP contribution >= 0.6 is 11.3 Å². The molecule has 0 atom stereocenters. The van der Waals surface area contributed by atoms with Crippen molar-refractivity contribution < 1.29 is 14.3 Å². The third kappa shape index (κ3) is 4.75. The molecule has 6 nitrogen and oxygen atoms in total. The number of rotatable bonds is 8. The maximum atomic E-state index is 13.1. The van der Waals surface area contributed by atoms with Gasteiger partial charge >= 0.3 is 0 Å². The van der Waals surface area contributed by atoms with Crippen molar-refractivity contribution >= 4 is 32.6 Å². The minimum atomic E-state index is -0.0548. The van der Waals surface area contributed by atoms with Crippen LogP contribution in [0.25, 0.3) is 10.2 Å². The Hall–Kier alpha value is -3.45. The Balaban J connectivity index is 1.55. The highest BCUT2D eigenvalue weighted by Crippen LogP contribution is 2.32. The van der Waals surface area contributed by atoms with Crippen molar-refractivity contribution in [2.24, 2.45) is 0 Å².